The Morgan fingerprint density at radius 1 is 1.22 bits per heavy atom. The number of methoxy groups -OCH3 is 1. The molecule has 0 saturated carbocycles. The zero-order valence-corrected chi connectivity index (χ0v) is 14.8. The highest BCUT2D eigenvalue weighted by atomic mass is 32.2. The molecule has 1 aliphatic rings. The molecule has 7 nitrogen and oxygen atoms in total. The van der Waals surface area contributed by atoms with Crippen LogP contribution in [0.5, 0.6) is 17.2 Å². The van der Waals surface area contributed by atoms with E-state index in [1.165, 1.54) is 11.7 Å². The van der Waals surface area contributed by atoms with Crippen LogP contribution >= 0.6 is 0 Å². The largest absolute Gasteiger partial charge is 0.534 e. The van der Waals surface area contributed by atoms with E-state index >= 15 is 0 Å². The molecule has 0 saturated heterocycles. The van der Waals surface area contributed by atoms with Gasteiger partial charge in [0, 0.05) is 6.42 Å². The Labute approximate surface area is 152 Å². The van der Waals surface area contributed by atoms with Crippen molar-refractivity contribution >= 4 is 10.1 Å². The lowest BCUT2D eigenvalue weighted by Gasteiger charge is -2.15. The van der Waals surface area contributed by atoms with Gasteiger partial charge in [0.1, 0.15) is 5.75 Å². The van der Waals surface area contributed by atoms with Crippen molar-refractivity contribution in [3.8, 4) is 17.2 Å². The maximum Gasteiger partial charge on any atom is 0.534 e. The van der Waals surface area contributed by atoms with Gasteiger partial charge in [-0.2, -0.15) is 21.6 Å². The molecule has 0 spiro atoms. The molecule has 0 bridgehead atoms. The van der Waals surface area contributed by atoms with Gasteiger partial charge in [-0.1, -0.05) is 12.1 Å². The standard InChI is InChI=1S/C16H14F3NO6S/c1-24-11-4-2-10(3-5-11)9-20-12-6-7-25-15(12)13(8-14(20)21)26-27(22,23)16(17,18)19/h2-5,8H,6-7,9H2,1H3. The zero-order chi connectivity index (χ0) is 19.8. The van der Waals surface area contributed by atoms with Crippen molar-refractivity contribution in [2.45, 2.75) is 18.5 Å². The average Bonchev–Trinajstić information content (AvgIpc) is 3.07. The number of hydrogen-bond acceptors (Lipinski definition) is 6. The van der Waals surface area contributed by atoms with E-state index in [1.54, 1.807) is 24.3 Å². The van der Waals surface area contributed by atoms with Gasteiger partial charge in [-0.15, -0.1) is 0 Å². The van der Waals surface area contributed by atoms with Crippen molar-refractivity contribution in [1.82, 2.24) is 4.57 Å². The highest BCUT2D eigenvalue weighted by molar-refractivity contribution is 7.88. The molecule has 0 aliphatic carbocycles. The van der Waals surface area contributed by atoms with Crippen molar-refractivity contribution in [1.29, 1.82) is 0 Å². The van der Waals surface area contributed by atoms with Crippen LogP contribution < -0.4 is 19.2 Å². The second-order valence-corrected chi connectivity index (χ2v) is 7.18. The number of pyridine rings is 1. The molecule has 0 unspecified atom stereocenters. The fourth-order valence-electron chi connectivity index (χ4n) is 2.62. The average molecular weight is 405 g/mol. The molecule has 0 radical (unpaired) electrons. The van der Waals surface area contributed by atoms with Crippen molar-refractivity contribution in [2.24, 2.45) is 0 Å². The zero-order valence-electron chi connectivity index (χ0n) is 13.9. The van der Waals surface area contributed by atoms with Crippen LogP contribution in [0, 0.1) is 0 Å². The second kappa shape index (κ2) is 6.80. The van der Waals surface area contributed by atoms with Crippen LogP contribution in [0.1, 0.15) is 11.3 Å². The molecule has 2 aromatic rings. The summed E-state index contributed by atoms with van der Waals surface area (Å²) in [5.74, 6) is -0.326. The minimum absolute atomic E-state index is 0.0871. The van der Waals surface area contributed by atoms with Gasteiger partial charge in [0.25, 0.3) is 5.56 Å². The third-order valence-electron chi connectivity index (χ3n) is 3.90. The first-order chi connectivity index (χ1) is 12.6. The molecular weight excluding hydrogens is 391 g/mol. The Kier molecular flexibility index (Phi) is 4.81. The Hall–Kier alpha value is -2.69. The number of aromatic nitrogens is 1. The van der Waals surface area contributed by atoms with Crippen LogP contribution in [0.3, 0.4) is 0 Å². The van der Waals surface area contributed by atoms with Gasteiger partial charge in [-0.3, -0.25) is 4.79 Å². The summed E-state index contributed by atoms with van der Waals surface area (Å²) in [5, 5.41) is 0. The summed E-state index contributed by atoms with van der Waals surface area (Å²) in [6.45, 7) is 0.213. The van der Waals surface area contributed by atoms with Crippen LogP contribution in [-0.4, -0.2) is 32.2 Å². The molecule has 1 aromatic carbocycles. The van der Waals surface area contributed by atoms with Gasteiger partial charge in [0.15, 0.2) is 11.5 Å². The number of nitrogens with zero attached hydrogens (tertiary/aromatic N) is 1. The highest BCUT2D eigenvalue weighted by Gasteiger charge is 2.49. The Morgan fingerprint density at radius 2 is 1.89 bits per heavy atom. The van der Waals surface area contributed by atoms with Gasteiger partial charge in [0.2, 0.25) is 0 Å². The van der Waals surface area contributed by atoms with E-state index in [4.69, 9.17) is 9.47 Å². The molecule has 0 fully saturated rings. The van der Waals surface area contributed by atoms with Crippen LogP contribution in [0.15, 0.2) is 35.1 Å². The Morgan fingerprint density at radius 3 is 2.48 bits per heavy atom. The molecule has 2 heterocycles. The number of benzene rings is 1. The number of hydrogen-bond donors (Lipinski definition) is 0. The fraction of sp³-hybridized carbons (Fsp3) is 0.312. The molecular formula is C16H14F3NO6S. The summed E-state index contributed by atoms with van der Waals surface area (Å²) in [6, 6.07) is 7.53. The first kappa shape index (κ1) is 19.1. The quantitative estimate of drug-likeness (QED) is 0.560. The molecule has 1 aromatic heterocycles. The van der Waals surface area contributed by atoms with E-state index in [1.807, 2.05) is 0 Å². The number of halogens is 3. The monoisotopic (exact) mass is 405 g/mol. The summed E-state index contributed by atoms with van der Waals surface area (Å²) in [4.78, 5) is 12.4. The van der Waals surface area contributed by atoms with E-state index in [9.17, 15) is 26.4 Å². The van der Waals surface area contributed by atoms with E-state index in [0.717, 1.165) is 5.56 Å². The summed E-state index contributed by atoms with van der Waals surface area (Å²) >= 11 is 0. The molecule has 27 heavy (non-hydrogen) atoms. The van der Waals surface area contributed by atoms with E-state index < -0.39 is 26.9 Å². The lowest BCUT2D eigenvalue weighted by molar-refractivity contribution is -0.0500. The molecule has 11 heteroatoms. The Balaban J connectivity index is 1.99. The lowest BCUT2D eigenvalue weighted by atomic mass is 10.2. The highest BCUT2D eigenvalue weighted by Crippen LogP contribution is 2.37. The van der Waals surface area contributed by atoms with Crippen LogP contribution in [0.25, 0.3) is 0 Å². The minimum atomic E-state index is -5.91. The number of ether oxygens (including phenoxy) is 2. The molecule has 0 amide bonds. The smallest absolute Gasteiger partial charge is 0.497 e. The fourth-order valence-corrected chi connectivity index (χ4v) is 3.07. The lowest BCUT2D eigenvalue weighted by Crippen LogP contribution is -2.29. The van der Waals surface area contributed by atoms with Crippen LogP contribution in [0.2, 0.25) is 0 Å². The second-order valence-electron chi connectivity index (χ2n) is 5.64. The Bertz CT molecular complexity index is 1010. The van der Waals surface area contributed by atoms with Gasteiger partial charge < -0.3 is 18.2 Å². The maximum absolute atomic E-state index is 12.6. The SMILES string of the molecule is COc1ccc(Cn2c3c(c(OS(=O)(=O)C(F)(F)F)cc2=O)OCC3)cc1. The first-order valence-corrected chi connectivity index (χ1v) is 9.06. The van der Waals surface area contributed by atoms with Crippen LogP contribution in [-0.2, 0) is 23.1 Å². The minimum Gasteiger partial charge on any atom is -0.497 e. The molecule has 3 rings (SSSR count). The van der Waals surface area contributed by atoms with Crippen molar-refractivity contribution in [2.75, 3.05) is 13.7 Å². The third-order valence-corrected chi connectivity index (χ3v) is 4.87. The number of alkyl halides is 3. The normalized spacial score (nSPS) is 13.8. The summed E-state index contributed by atoms with van der Waals surface area (Å²) < 4.78 is 75.8. The van der Waals surface area contributed by atoms with Gasteiger partial charge >= 0.3 is 15.6 Å². The first-order valence-electron chi connectivity index (χ1n) is 7.65. The van der Waals surface area contributed by atoms with Gasteiger partial charge in [-0.25, -0.2) is 0 Å². The molecule has 0 N–H and O–H groups in total. The molecule has 0 atom stereocenters. The van der Waals surface area contributed by atoms with Crippen LogP contribution in [0.4, 0.5) is 13.2 Å². The van der Waals surface area contributed by atoms with Gasteiger partial charge in [-0.05, 0) is 17.7 Å². The summed E-state index contributed by atoms with van der Waals surface area (Å²) in [6.07, 6.45) is 0.226. The number of fused-ring (bicyclic) bond motifs is 1. The molecule has 146 valence electrons. The predicted molar refractivity (Wildman–Crippen MR) is 87.6 cm³/mol. The topological polar surface area (TPSA) is 83.8 Å². The number of rotatable bonds is 5. The van der Waals surface area contributed by atoms with E-state index in [-0.39, 0.29) is 31.0 Å². The van der Waals surface area contributed by atoms with Crippen molar-refractivity contribution in [3.63, 3.8) is 0 Å². The van der Waals surface area contributed by atoms with Crippen molar-refractivity contribution in [3.05, 3.63) is 51.9 Å². The summed E-state index contributed by atoms with van der Waals surface area (Å²) in [7, 11) is -4.40. The van der Waals surface area contributed by atoms with E-state index in [2.05, 4.69) is 4.18 Å². The third kappa shape index (κ3) is 3.72. The maximum atomic E-state index is 12.6. The predicted octanol–water partition coefficient (Wildman–Crippen LogP) is 2.07. The summed E-state index contributed by atoms with van der Waals surface area (Å²) in [5.41, 5.74) is -5.31. The molecule has 1 aliphatic heterocycles. The van der Waals surface area contributed by atoms with Crippen molar-refractivity contribution < 1.29 is 35.2 Å². The van der Waals surface area contributed by atoms with E-state index in [0.29, 0.717) is 11.8 Å². The van der Waals surface area contributed by atoms with Gasteiger partial charge in [0.05, 0.1) is 32.0 Å².